The summed E-state index contributed by atoms with van der Waals surface area (Å²) in [5.41, 5.74) is 1.56. The van der Waals surface area contributed by atoms with Gasteiger partial charge in [0, 0.05) is 29.2 Å². The molecule has 2 amide bonds. The van der Waals surface area contributed by atoms with Gasteiger partial charge in [-0.3, -0.25) is 9.59 Å². The number of hydrogen-bond acceptors (Lipinski definition) is 4. The van der Waals surface area contributed by atoms with Gasteiger partial charge in [0.15, 0.2) is 10.6 Å². The lowest BCUT2D eigenvalue weighted by molar-refractivity contribution is 0.0941. The van der Waals surface area contributed by atoms with Crippen LogP contribution in [-0.2, 0) is 6.54 Å². The molecule has 0 spiro atoms. The maximum atomic E-state index is 12.2. The number of nitrogens with zero attached hydrogens (tertiary/aromatic N) is 2. The molecule has 140 valence electrons. The highest BCUT2D eigenvalue weighted by atomic mass is 32.1. The van der Waals surface area contributed by atoms with E-state index < -0.39 is 5.91 Å². The smallest absolute Gasteiger partial charge is 0.315 e. The maximum Gasteiger partial charge on any atom is 0.315 e. The fourth-order valence-corrected chi connectivity index (χ4v) is 3.43. The maximum absolute atomic E-state index is 12.2. The van der Waals surface area contributed by atoms with Gasteiger partial charge < -0.3 is 14.3 Å². The zero-order valence-corrected chi connectivity index (χ0v) is 16.2. The summed E-state index contributed by atoms with van der Waals surface area (Å²) in [7, 11) is 0. The number of furan rings is 1. The summed E-state index contributed by atoms with van der Waals surface area (Å²) < 4.78 is 7.02. The molecule has 1 aromatic carbocycles. The number of carbonyl (C=O) groups excluding carboxylic acids is 2. The number of hydrogen-bond donors (Lipinski definition) is 1. The highest BCUT2D eigenvalue weighted by Gasteiger charge is 2.10. The minimum absolute atomic E-state index is 0.0769. The average molecular weight is 383 g/mol. The monoisotopic (exact) mass is 383 g/mol. The number of nitrogens with one attached hydrogen (secondary N) is 1. The molecule has 0 aliphatic heterocycles. The number of rotatable bonds is 5. The van der Waals surface area contributed by atoms with Crippen LogP contribution in [0.3, 0.4) is 0 Å². The molecule has 3 rings (SSSR count). The topological polar surface area (TPSA) is 76.6 Å². The van der Waals surface area contributed by atoms with Gasteiger partial charge in [0.1, 0.15) is 0 Å². The average Bonchev–Trinajstić information content (AvgIpc) is 3.25. The van der Waals surface area contributed by atoms with Gasteiger partial charge in [-0.25, -0.2) is 0 Å². The predicted octanol–water partition coefficient (Wildman–Crippen LogP) is 3.38. The second kappa shape index (κ2) is 8.18. The van der Waals surface area contributed by atoms with E-state index in [1.807, 2.05) is 49.7 Å². The van der Waals surface area contributed by atoms with Crippen LogP contribution in [0.25, 0.3) is 0 Å². The van der Waals surface area contributed by atoms with Crippen molar-refractivity contribution in [3.05, 3.63) is 75.4 Å². The van der Waals surface area contributed by atoms with Crippen molar-refractivity contribution in [2.45, 2.75) is 33.4 Å². The molecule has 27 heavy (non-hydrogen) atoms. The van der Waals surface area contributed by atoms with Crippen LogP contribution in [0.2, 0.25) is 0 Å². The fourth-order valence-electron chi connectivity index (χ4n) is 2.60. The molecule has 0 saturated carbocycles. The Bertz CT molecular complexity index is 1010. The molecular formula is C20H21N3O3S. The first-order valence-electron chi connectivity index (χ1n) is 8.61. The van der Waals surface area contributed by atoms with Crippen LogP contribution in [0.1, 0.15) is 45.2 Å². The van der Waals surface area contributed by atoms with E-state index in [0.29, 0.717) is 16.9 Å². The normalized spacial score (nSPS) is 11.8. The molecule has 0 fully saturated rings. The van der Waals surface area contributed by atoms with Crippen molar-refractivity contribution in [3.8, 4) is 0 Å². The van der Waals surface area contributed by atoms with E-state index in [0.717, 1.165) is 10.4 Å². The van der Waals surface area contributed by atoms with Crippen LogP contribution in [0.5, 0.6) is 0 Å². The summed E-state index contributed by atoms with van der Waals surface area (Å²) in [6.07, 6.45) is 3.39. The van der Waals surface area contributed by atoms with Crippen molar-refractivity contribution in [3.63, 3.8) is 0 Å². The first-order chi connectivity index (χ1) is 12.9. The van der Waals surface area contributed by atoms with Crippen molar-refractivity contribution in [1.82, 2.24) is 9.88 Å². The number of carbonyl (C=O) groups is 2. The van der Waals surface area contributed by atoms with Crippen LogP contribution in [-0.4, -0.2) is 22.4 Å². The summed E-state index contributed by atoms with van der Waals surface area (Å²) >= 11 is 1.43. The number of aromatic nitrogens is 1. The molecule has 0 bridgehead atoms. The molecule has 2 aromatic heterocycles. The Hall–Kier alpha value is -2.93. The third-order valence-electron chi connectivity index (χ3n) is 3.73. The third-order valence-corrected chi connectivity index (χ3v) is 4.66. The third kappa shape index (κ3) is 4.83. The first kappa shape index (κ1) is 18.8. The Labute approximate surface area is 161 Å². The minimum Gasteiger partial charge on any atom is -0.459 e. The highest BCUT2D eigenvalue weighted by Crippen LogP contribution is 2.10. The second-order valence-electron chi connectivity index (χ2n) is 6.48. The summed E-state index contributed by atoms with van der Waals surface area (Å²) in [4.78, 5) is 30.2. The van der Waals surface area contributed by atoms with E-state index in [-0.39, 0.29) is 17.7 Å². The van der Waals surface area contributed by atoms with Gasteiger partial charge in [0.25, 0.3) is 5.91 Å². The van der Waals surface area contributed by atoms with Crippen molar-refractivity contribution in [2.24, 2.45) is 4.99 Å². The quantitative estimate of drug-likeness (QED) is 0.734. The van der Waals surface area contributed by atoms with Gasteiger partial charge in [-0.05, 0) is 50.6 Å². The molecule has 2 heterocycles. The number of benzene rings is 1. The van der Waals surface area contributed by atoms with Crippen LogP contribution >= 0.6 is 11.3 Å². The highest BCUT2D eigenvalue weighted by molar-refractivity contribution is 7.09. The van der Waals surface area contributed by atoms with Gasteiger partial charge in [0.2, 0.25) is 0 Å². The Kier molecular flexibility index (Phi) is 5.71. The van der Waals surface area contributed by atoms with Crippen molar-refractivity contribution >= 4 is 23.2 Å². The molecule has 1 N–H and O–H groups in total. The molecule has 3 aromatic rings. The van der Waals surface area contributed by atoms with E-state index in [1.54, 1.807) is 18.2 Å². The standard InChI is InChI=1S/C20H21N3O3S/c1-13(2)21-18(24)16-7-4-6-15(10-16)12-23-11-14(3)27-20(23)22-19(25)17-8-5-9-26-17/h4-11,13H,12H2,1-3H3,(H,21,24). The second-order valence-corrected chi connectivity index (χ2v) is 7.69. The van der Waals surface area contributed by atoms with Crippen LogP contribution in [0.4, 0.5) is 0 Å². The van der Waals surface area contributed by atoms with E-state index in [9.17, 15) is 9.59 Å². The fraction of sp³-hybridized carbons (Fsp3) is 0.250. The summed E-state index contributed by atoms with van der Waals surface area (Å²) in [5, 5.41) is 2.89. The number of amides is 2. The molecular weight excluding hydrogens is 362 g/mol. The lowest BCUT2D eigenvalue weighted by Gasteiger charge is -2.10. The summed E-state index contributed by atoms with van der Waals surface area (Å²) in [5.74, 6) is -0.308. The number of aryl methyl sites for hydroxylation is 1. The van der Waals surface area contributed by atoms with Crippen molar-refractivity contribution in [2.75, 3.05) is 0 Å². The van der Waals surface area contributed by atoms with Crippen LogP contribution in [0, 0.1) is 6.92 Å². The largest absolute Gasteiger partial charge is 0.459 e. The van der Waals surface area contributed by atoms with Gasteiger partial charge in [0.05, 0.1) is 6.26 Å². The molecule has 0 unspecified atom stereocenters. The number of thiazole rings is 1. The van der Waals surface area contributed by atoms with E-state index in [2.05, 4.69) is 10.3 Å². The molecule has 0 radical (unpaired) electrons. The summed E-state index contributed by atoms with van der Waals surface area (Å²) in [6, 6.07) is 10.8. The van der Waals surface area contributed by atoms with Crippen LogP contribution < -0.4 is 10.1 Å². The molecule has 0 aliphatic rings. The molecule has 7 heteroatoms. The SMILES string of the molecule is Cc1cn(Cc2cccc(C(=O)NC(C)C)c2)c(=NC(=O)c2ccco2)s1. The van der Waals surface area contributed by atoms with Gasteiger partial charge in [-0.1, -0.05) is 12.1 Å². The van der Waals surface area contributed by atoms with Gasteiger partial charge >= 0.3 is 5.91 Å². The van der Waals surface area contributed by atoms with E-state index in [4.69, 9.17) is 4.42 Å². The molecule has 0 saturated heterocycles. The van der Waals surface area contributed by atoms with Crippen molar-refractivity contribution < 1.29 is 14.0 Å². The Morgan fingerprint density at radius 1 is 1.26 bits per heavy atom. The molecule has 0 atom stereocenters. The van der Waals surface area contributed by atoms with E-state index >= 15 is 0 Å². The lowest BCUT2D eigenvalue weighted by Crippen LogP contribution is -2.30. The van der Waals surface area contributed by atoms with Crippen molar-refractivity contribution in [1.29, 1.82) is 0 Å². The van der Waals surface area contributed by atoms with Gasteiger partial charge in [-0.2, -0.15) is 4.99 Å². The van der Waals surface area contributed by atoms with Crippen LogP contribution in [0.15, 0.2) is 58.3 Å². The predicted molar refractivity (Wildman–Crippen MR) is 104 cm³/mol. The lowest BCUT2D eigenvalue weighted by atomic mass is 10.1. The Balaban J connectivity index is 1.87. The summed E-state index contributed by atoms with van der Waals surface area (Å²) in [6.45, 7) is 6.33. The Morgan fingerprint density at radius 3 is 2.78 bits per heavy atom. The molecule has 6 nitrogen and oxygen atoms in total. The van der Waals surface area contributed by atoms with E-state index in [1.165, 1.54) is 17.6 Å². The Morgan fingerprint density at radius 2 is 2.07 bits per heavy atom. The van der Waals surface area contributed by atoms with Gasteiger partial charge in [-0.15, -0.1) is 11.3 Å². The zero-order valence-electron chi connectivity index (χ0n) is 15.4. The minimum atomic E-state index is -0.416. The molecule has 0 aliphatic carbocycles. The zero-order chi connectivity index (χ0) is 19.4. The first-order valence-corrected chi connectivity index (χ1v) is 9.43.